The van der Waals surface area contributed by atoms with Crippen molar-refractivity contribution in [2.24, 2.45) is 0 Å². The third-order valence-electron chi connectivity index (χ3n) is 4.28. The van der Waals surface area contributed by atoms with Gasteiger partial charge in [0.25, 0.3) is 0 Å². The number of rotatable bonds is 0. The lowest BCUT2D eigenvalue weighted by Gasteiger charge is -2.09. The van der Waals surface area contributed by atoms with E-state index < -0.39 is 0 Å². The molecule has 0 fully saturated rings. The predicted molar refractivity (Wildman–Crippen MR) is 81.7 cm³/mol. The van der Waals surface area contributed by atoms with Crippen LogP contribution in [0.3, 0.4) is 0 Å². The second-order valence-corrected chi connectivity index (χ2v) is 5.61. The fourth-order valence-electron chi connectivity index (χ4n) is 3.31. The van der Waals surface area contributed by atoms with E-state index in [0.717, 1.165) is 6.42 Å². The van der Waals surface area contributed by atoms with Crippen molar-refractivity contribution in [2.75, 3.05) is 0 Å². The molecule has 0 N–H and O–H groups in total. The first-order chi connectivity index (χ1) is 9.24. The number of hydrogen-bond acceptors (Lipinski definition) is 0. The normalized spacial score (nSPS) is 12.5. The molecular weight excluding hydrogens is 228 g/mol. The Morgan fingerprint density at radius 3 is 2.53 bits per heavy atom. The highest BCUT2D eigenvalue weighted by molar-refractivity contribution is 6.02. The van der Waals surface area contributed by atoms with Gasteiger partial charge in [-0.3, -0.25) is 0 Å². The summed E-state index contributed by atoms with van der Waals surface area (Å²) >= 11 is 0. The van der Waals surface area contributed by atoms with Crippen LogP contribution in [0.4, 0.5) is 0 Å². The van der Waals surface area contributed by atoms with E-state index in [2.05, 4.69) is 62.4 Å². The van der Waals surface area contributed by atoms with Crippen molar-refractivity contribution in [1.29, 1.82) is 0 Å². The van der Waals surface area contributed by atoms with Crippen LogP contribution in [0.1, 0.15) is 22.3 Å². The largest absolute Gasteiger partial charge is 0.0613 e. The molecule has 0 heteroatoms. The van der Waals surface area contributed by atoms with Crippen molar-refractivity contribution >= 4 is 10.8 Å². The second-order valence-electron chi connectivity index (χ2n) is 5.61. The van der Waals surface area contributed by atoms with Gasteiger partial charge in [-0.25, -0.2) is 0 Å². The Kier molecular flexibility index (Phi) is 2.11. The van der Waals surface area contributed by atoms with Gasteiger partial charge in [0.15, 0.2) is 0 Å². The van der Waals surface area contributed by atoms with Crippen molar-refractivity contribution in [3.05, 3.63) is 70.8 Å². The molecular formula is C19H16. The molecule has 0 radical (unpaired) electrons. The maximum absolute atomic E-state index is 2.34. The van der Waals surface area contributed by atoms with Gasteiger partial charge >= 0.3 is 0 Å². The number of hydrogen-bond donors (Lipinski definition) is 0. The highest BCUT2D eigenvalue weighted by Gasteiger charge is 2.20. The Bertz CT molecular complexity index is 810. The Labute approximate surface area is 113 Å². The van der Waals surface area contributed by atoms with E-state index in [4.69, 9.17) is 0 Å². The van der Waals surface area contributed by atoms with E-state index in [1.54, 1.807) is 0 Å². The summed E-state index contributed by atoms with van der Waals surface area (Å²) < 4.78 is 0. The summed E-state index contributed by atoms with van der Waals surface area (Å²) in [6, 6.07) is 18.1. The van der Waals surface area contributed by atoms with Crippen LogP contribution in [0.15, 0.2) is 48.5 Å². The SMILES string of the molecule is Cc1ccc2c(c1)-c1c(ccc3c(C)cccc13)C2. The van der Waals surface area contributed by atoms with Gasteiger partial charge in [-0.1, -0.05) is 54.1 Å². The average Bonchev–Trinajstić information content (AvgIpc) is 2.77. The van der Waals surface area contributed by atoms with Crippen LogP contribution in [-0.2, 0) is 6.42 Å². The summed E-state index contributed by atoms with van der Waals surface area (Å²) in [7, 11) is 0. The van der Waals surface area contributed by atoms with Gasteiger partial charge in [-0.2, -0.15) is 0 Å². The lowest BCUT2D eigenvalue weighted by atomic mass is 9.95. The number of aryl methyl sites for hydroxylation is 2. The molecule has 3 aromatic rings. The van der Waals surface area contributed by atoms with E-state index in [1.165, 1.54) is 44.2 Å². The monoisotopic (exact) mass is 244 g/mol. The number of benzene rings is 3. The van der Waals surface area contributed by atoms with Crippen LogP contribution in [0.5, 0.6) is 0 Å². The standard InChI is InChI=1S/C19H16/c1-12-6-7-14-11-15-8-9-16-13(2)4-3-5-17(16)19(15)18(14)10-12/h3-10H,11H2,1-2H3. The van der Waals surface area contributed by atoms with Gasteiger partial charge < -0.3 is 0 Å². The van der Waals surface area contributed by atoms with Gasteiger partial charge in [0.2, 0.25) is 0 Å². The summed E-state index contributed by atoms with van der Waals surface area (Å²) in [6.45, 7) is 4.37. The molecule has 0 unspecified atom stereocenters. The van der Waals surface area contributed by atoms with Crippen LogP contribution >= 0.6 is 0 Å². The quantitative estimate of drug-likeness (QED) is 0.407. The zero-order valence-electron chi connectivity index (χ0n) is 11.3. The summed E-state index contributed by atoms with van der Waals surface area (Å²) in [5.74, 6) is 0. The van der Waals surface area contributed by atoms with Crippen LogP contribution < -0.4 is 0 Å². The molecule has 0 aliphatic heterocycles. The van der Waals surface area contributed by atoms with E-state index in [9.17, 15) is 0 Å². The van der Waals surface area contributed by atoms with E-state index in [1.807, 2.05) is 0 Å². The lowest BCUT2D eigenvalue weighted by Crippen LogP contribution is -1.85. The molecule has 19 heavy (non-hydrogen) atoms. The third-order valence-corrected chi connectivity index (χ3v) is 4.28. The Hall–Kier alpha value is -2.08. The lowest BCUT2D eigenvalue weighted by molar-refractivity contribution is 1.26. The van der Waals surface area contributed by atoms with Crippen molar-refractivity contribution < 1.29 is 0 Å². The zero-order valence-corrected chi connectivity index (χ0v) is 11.3. The number of fused-ring (bicyclic) bond motifs is 5. The molecule has 0 atom stereocenters. The first-order valence-corrected chi connectivity index (χ1v) is 6.85. The molecule has 0 nitrogen and oxygen atoms in total. The first kappa shape index (κ1) is 10.8. The summed E-state index contributed by atoms with van der Waals surface area (Å²) in [6.07, 6.45) is 1.08. The minimum Gasteiger partial charge on any atom is -0.0613 e. The zero-order chi connectivity index (χ0) is 13.0. The molecule has 0 saturated heterocycles. The van der Waals surface area contributed by atoms with E-state index in [0.29, 0.717) is 0 Å². The average molecular weight is 244 g/mol. The molecule has 3 aromatic carbocycles. The molecule has 0 saturated carbocycles. The van der Waals surface area contributed by atoms with Crippen LogP contribution in [0, 0.1) is 13.8 Å². The fraction of sp³-hybridized carbons (Fsp3) is 0.158. The molecule has 0 bridgehead atoms. The molecule has 0 aromatic heterocycles. The van der Waals surface area contributed by atoms with Gasteiger partial charge in [0.05, 0.1) is 0 Å². The van der Waals surface area contributed by atoms with Gasteiger partial charge in [-0.15, -0.1) is 0 Å². The van der Waals surface area contributed by atoms with E-state index >= 15 is 0 Å². The Morgan fingerprint density at radius 2 is 1.63 bits per heavy atom. The van der Waals surface area contributed by atoms with Gasteiger partial charge in [0.1, 0.15) is 0 Å². The predicted octanol–water partition coefficient (Wildman–Crippen LogP) is 5.03. The van der Waals surface area contributed by atoms with Crippen molar-refractivity contribution in [2.45, 2.75) is 20.3 Å². The fourth-order valence-corrected chi connectivity index (χ4v) is 3.31. The summed E-state index contributed by atoms with van der Waals surface area (Å²) in [5.41, 5.74) is 8.54. The molecule has 0 amide bonds. The smallest absolute Gasteiger partial charge is 0.00132 e. The molecule has 0 spiro atoms. The molecule has 92 valence electrons. The highest BCUT2D eigenvalue weighted by Crippen LogP contribution is 2.42. The molecule has 0 heterocycles. The topological polar surface area (TPSA) is 0 Å². The van der Waals surface area contributed by atoms with Crippen LogP contribution in [0.2, 0.25) is 0 Å². The molecule has 1 aliphatic rings. The summed E-state index contributed by atoms with van der Waals surface area (Å²) in [5, 5.41) is 2.79. The summed E-state index contributed by atoms with van der Waals surface area (Å²) in [4.78, 5) is 0. The van der Waals surface area contributed by atoms with Crippen molar-refractivity contribution in [1.82, 2.24) is 0 Å². The van der Waals surface area contributed by atoms with Crippen LogP contribution in [0.25, 0.3) is 21.9 Å². The Morgan fingerprint density at radius 1 is 0.789 bits per heavy atom. The van der Waals surface area contributed by atoms with Crippen LogP contribution in [-0.4, -0.2) is 0 Å². The van der Waals surface area contributed by atoms with Crippen molar-refractivity contribution in [3.8, 4) is 11.1 Å². The minimum absolute atomic E-state index is 1.08. The molecule has 1 aliphatic carbocycles. The van der Waals surface area contributed by atoms with E-state index in [-0.39, 0.29) is 0 Å². The van der Waals surface area contributed by atoms with Crippen molar-refractivity contribution in [3.63, 3.8) is 0 Å². The third kappa shape index (κ3) is 1.46. The maximum atomic E-state index is 2.34. The first-order valence-electron chi connectivity index (χ1n) is 6.85. The van der Waals surface area contributed by atoms with Gasteiger partial charge in [0, 0.05) is 0 Å². The highest BCUT2D eigenvalue weighted by atomic mass is 14.2. The second kappa shape index (κ2) is 3.71. The Balaban J connectivity index is 2.15. The maximum Gasteiger partial charge on any atom is -0.00132 e. The minimum atomic E-state index is 1.08. The van der Waals surface area contributed by atoms with Gasteiger partial charge in [-0.05, 0) is 58.9 Å². The molecule has 4 rings (SSSR count).